The van der Waals surface area contributed by atoms with Gasteiger partial charge >= 0.3 is 6.03 Å². The minimum absolute atomic E-state index is 0.221. The van der Waals surface area contributed by atoms with Gasteiger partial charge in [0.15, 0.2) is 0 Å². The van der Waals surface area contributed by atoms with E-state index in [1.807, 2.05) is 34.3 Å². The molecule has 0 fully saturated rings. The quantitative estimate of drug-likeness (QED) is 0.768. The first-order chi connectivity index (χ1) is 9.55. The van der Waals surface area contributed by atoms with Crippen LogP contribution < -0.4 is 10.6 Å². The minimum atomic E-state index is -0.943. The Kier molecular flexibility index (Phi) is 5.17. The van der Waals surface area contributed by atoms with Crippen LogP contribution in [0.1, 0.15) is 17.4 Å². The predicted octanol–water partition coefficient (Wildman–Crippen LogP) is 2.60. The van der Waals surface area contributed by atoms with E-state index in [1.54, 1.807) is 29.6 Å². The smallest absolute Gasteiger partial charge is 0.315 e. The van der Waals surface area contributed by atoms with E-state index in [0.717, 1.165) is 10.4 Å². The Morgan fingerprint density at radius 2 is 2.20 bits per heavy atom. The van der Waals surface area contributed by atoms with Crippen LogP contribution in [0.25, 0.3) is 0 Å². The van der Waals surface area contributed by atoms with Gasteiger partial charge in [0, 0.05) is 17.8 Å². The zero-order valence-corrected chi connectivity index (χ0v) is 12.9. The Hall–Kier alpha value is -1.37. The van der Waals surface area contributed by atoms with Crippen molar-refractivity contribution in [3.05, 3.63) is 44.8 Å². The maximum absolute atomic E-state index is 11.7. The van der Waals surface area contributed by atoms with E-state index in [4.69, 9.17) is 0 Å². The van der Waals surface area contributed by atoms with Gasteiger partial charge in [-0.1, -0.05) is 6.07 Å². The van der Waals surface area contributed by atoms with E-state index in [1.165, 1.54) is 0 Å². The fourth-order valence-corrected chi connectivity index (χ4v) is 3.12. The third-order valence-corrected chi connectivity index (χ3v) is 4.41. The second kappa shape index (κ2) is 6.88. The molecule has 4 nitrogen and oxygen atoms in total. The van der Waals surface area contributed by atoms with Crippen molar-refractivity contribution in [3.8, 4) is 0 Å². The summed E-state index contributed by atoms with van der Waals surface area (Å²) in [5.74, 6) is 0. The Morgan fingerprint density at radius 3 is 2.85 bits per heavy atom. The molecule has 2 heterocycles. The number of hydrogen-bond acceptors (Lipinski definition) is 4. The monoisotopic (exact) mass is 310 g/mol. The van der Waals surface area contributed by atoms with Crippen LogP contribution in [-0.2, 0) is 13.0 Å². The second-order valence-corrected chi connectivity index (χ2v) is 6.73. The second-order valence-electron chi connectivity index (χ2n) is 4.92. The topological polar surface area (TPSA) is 61.4 Å². The van der Waals surface area contributed by atoms with E-state index in [0.29, 0.717) is 13.0 Å². The SMILES string of the molecule is CC(O)(CNC(=O)NCc1cccs1)Cc1ccsc1. The molecule has 0 saturated carbocycles. The average molecular weight is 310 g/mol. The molecule has 1 unspecified atom stereocenters. The van der Waals surface area contributed by atoms with Crippen LogP contribution in [0.3, 0.4) is 0 Å². The summed E-state index contributed by atoms with van der Waals surface area (Å²) in [6.07, 6.45) is 0.529. The largest absolute Gasteiger partial charge is 0.388 e. The average Bonchev–Trinajstić information content (AvgIpc) is 3.06. The van der Waals surface area contributed by atoms with Crippen molar-refractivity contribution in [2.75, 3.05) is 6.54 Å². The van der Waals surface area contributed by atoms with Gasteiger partial charge < -0.3 is 15.7 Å². The van der Waals surface area contributed by atoms with Crippen molar-refractivity contribution in [2.45, 2.75) is 25.5 Å². The van der Waals surface area contributed by atoms with Gasteiger partial charge in [-0.05, 0) is 40.8 Å². The lowest BCUT2D eigenvalue weighted by molar-refractivity contribution is 0.0625. The van der Waals surface area contributed by atoms with Crippen LogP contribution >= 0.6 is 22.7 Å². The zero-order valence-electron chi connectivity index (χ0n) is 11.3. The number of hydrogen-bond donors (Lipinski definition) is 3. The van der Waals surface area contributed by atoms with Crippen molar-refractivity contribution in [1.82, 2.24) is 10.6 Å². The lowest BCUT2D eigenvalue weighted by Gasteiger charge is -2.23. The Labute approximate surface area is 126 Å². The molecule has 0 aliphatic heterocycles. The van der Waals surface area contributed by atoms with Crippen molar-refractivity contribution in [2.24, 2.45) is 0 Å². The van der Waals surface area contributed by atoms with Gasteiger partial charge in [0.2, 0.25) is 0 Å². The number of nitrogens with one attached hydrogen (secondary N) is 2. The molecule has 3 N–H and O–H groups in total. The Morgan fingerprint density at radius 1 is 1.35 bits per heavy atom. The molecule has 2 aromatic rings. The number of urea groups is 1. The number of carbonyl (C=O) groups is 1. The van der Waals surface area contributed by atoms with Gasteiger partial charge in [0.1, 0.15) is 0 Å². The predicted molar refractivity (Wildman–Crippen MR) is 83.2 cm³/mol. The number of aliphatic hydroxyl groups is 1. The lowest BCUT2D eigenvalue weighted by atomic mass is 9.98. The summed E-state index contributed by atoms with van der Waals surface area (Å²) in [5.41, 5.74) is 0.141. The molecule has 0 aliphatic carbocycles. The van der Waals surface area contributed by atoms with Gasteiger partial charge in [-0.25, -0.2) is 4.79 Å². The highest BCUT2D eigenvalue weighted by molar-refractivity contribution is 7.09. The van der Waals surface area contributed by atoms with E-state index in [-0.39, 0.29) is 12.6 Å². The van der Waals surface area contributed by atoms with Crippen molar-refractivity contribution >= 4 is 28.7 Å². The van der Waals surface area contributed by atoms with Gasteiger partial charge in [-0.3, -0.25) is 0 Å². The van der Waals surface area contributed by atoms with Crippen molar-refractivity contribution in [1.29, 1.82) is 0 Å². The number of carbonyl (C=O) groups excluding carboxylic acids is 1. The van der Waals surface area contributed by atoms with Gasteiger partial charge in [0.05, 0.1) is 12.1 Å². The molecule has 2 rings (SSSR count). The van der Waals surface area contributed by atoms with Crippen LogP contribution in [-0.4, -0.2) is 23.3 Å². The molecule has 0 radical (unpaired) electrons. The highest BCUT2D eigenvalue weighted by Crippen LogP contribution is 2.15. The van der Waals surface area contributed by atoms with Crippen LogP contribution in [0.15, 0.2) is 34.3 Å². The lowest BCUT2D eigenvalue weighted by Crippen LogP contribution is -2.45. The molecule has 0 saturated heterocycles. The van der Waals surface area contributed by atoms with Crippen molar-refractivity contribution < 1.29 is 9.90 Å². The summed E-state index contributed by atoms with van der Waals surface area (Å²) in [6, 6.07) is 5.64. The molecular weight excluding hydrogens is 292 g/mol. The standard InChI is InChI=1S/C14H18N2O2S2/c1-14(18,7-11-4-6-19-9-11)10-16-13(17)15-8-12-3-2-5-20-12/h2-6,9,18H,7-8,10H2,1H3,(H2,15,16,17). The molecule has 6 heteroatoms. The summed E-state index contributed by atoms with van der Waals surface area (Å²) in [7, 11) is 0. The van der Waals surface area contributed by atoms with E-state index in [2.05, 4.69) is 10.6 Å². The molecule has 20 heavy (non-hydrogen) atoms. The van der Waals surface area contributed by atoms with Gasteiger partial charge in [0.25, 0.3) is 0 Å². The zero-order chi connectivity index (χ0) is 14.4. The highest BCUT2D eigenvalue weighted by Gasteiger charge is 2.21. The number of thiophene rings is 2. The Bertz CT molecular complexity index is 521. The van der Waals surface area contributed by atoms with E-state index < -0.39 is 5.60 Å². The highest BCUT2D eigenvalue weighted by atomic mass is 32.1. The number of amides is 2. The first-order valence-corrected chi connectivity index (χ1v) is 8.15. The molecule has 0 aromatic carbocycles. The summed E-state index contributed by atoms with van der Waals surface area (Å²) in [6.45, 7) is 2.46. The third kappa shape index (κ3) is 4.96. The molecule has 2 aromatic heterocycles. The van der Waals surface area contributed by atoms with E-state index >= 15 is 0 Å². The van der Waals surface area contributed by atoms with Crippen molar-refractivity contribution in [3.63, 3.8) is 0 Å². The maximum atomic E-state index is 11.7. The van der Waals surface area contributed by atoms with E-state index in [9.17, 15) is 9.90 Å². The van der Waals surface area contributed by atoms with Crippen LogP contribution in [0.2, 0.25) is 0 Å². The molecule has 2 amide bonds. The molecule has 108 valence electrons. The minimum Gasteiger partial charge on any atom is -0.388 e. The van der Waals surface area contributed by atoms with Crippen LogP contribution in [0.5, 0.6) is 0 Å². The third-order valence-electron chi connectivity index (χ3n) is 2.80. The fourth-order valence-electron chi connectivity index (χ4n) is 1.81. The molecule has 0 spiro atoms. The summed E-state index contributed by atoms with van der Waals surface area (Å²) < 4.78 is 0. The normalized spacial score (nSPS) is 13.7. The number of rotatable bonds is 6. The summed E-state index contributed by atoms with van der Waals surface area (Å²) >= 11 is 3.20. The van der Waals surface area contributed by atoms with Crippen LogP contribution in [0, 0.1) is 0 Å². The molecule has 0 aliphatic rings. The fraction of sp³-hybridized carbons (Fsp3) is 0.357. The maximum Gasteiger partial charge on any atom is 0.315 e. The molecule has 0 bridgehead atoms. The summed E-state index contributed by atoms with van der Waals surface area (Å²) in [4.78, 5) is 12.8. The Balaban J connectivity index is 1.71. The molecular formula is C14H18N2O2S2. The van der Waals surface area contributed by atoms with Gasteiger partial charge in [-0.2, -0.15) is 11.3 Å². The first-order valence-electron chi connectivity index (χ1n) is 6.33. The van der Waals surface area contributed by atoms with Crippen LogP contribution in [0.4, 0.5) is 4.79 Å². The molecule has 1 atom stereocenters. The summed E-state index contributed by atoms with van der Waals surface area (Å²) in [5, 5.41) is 21.7. The first kappa shape index (κ1) is 15.0. The van der Waals surface area contributed by atoms with Gasteiger partial charge in [-0.15, -0.1) is 11.3 Å².